The topological polar surface area (TPSA) is 56.7 Å². The Morgan fingerprint density at radius 2 is 1.83 bits per heavy atom. The SMILES string of the molecule is CN=C(NCC1(c2ccc(F)cc2)CCCC1)N1CCC(CC(=O)NC)CC1.I. The van der Waals surface area contributed by atoms with Gasteiger partial charge in [-0.3, -0.25) is 9.79 Å². The number of nitrogens with zero attached hydrogens (tertiary/aromatic N) is 2. The Labute approximate surface area is 190 Å². The van der Waals surface area contributed by atoms with Crippen LogP contribution in [0.5, 0.6) is 0 Å². The van der Waals surface area contributed by atoms with Gasteiger partial charge in [0.2, 0.25) is 5.91 Å². The molecule has 2 N–H and O–H groups in total. The molecule has 1 aliphatic heterocycles. The maximum atomic E-state index is 13.4. The molecule has 0 unspecified atom stereocenters. The highest BCUT2D eigenvalue weighted by molar-refractivity contribution is 14.0. The number of guanidine groups is 1. The average Bonchev–Trinajstić information content (AvgIpc) is 3.20. The second-order valence-corrected chi connectivity index (χ2v) is 8.20. The van der Waals surface area contributed by atoms with Crippen molar-refractivity contribution in [3.8, 4) is 0 Å². The van der Waals surface area contributed by atoms with Gasteiger partial charge in [-0.15, -0.1) is 24.0 Å². The van der Waals surface area contributed by atoms with Crippen molar-refractivity contribution in [1.82, 2.24) is 15.5 Å². The Balaban J connectivity index is 0.00000300. The maximum Gasteiger partial charge on any atom is 0.220 e. The van der Waals surface area contributed by atoms with Crippen molar-refractivity contribution in [2.45, 2.75) is 50.4 Å². The van der Waals surface area contributed by atoms with E-state index in [1.165, 1.54) is 18.4 Å². The fourth-order valence-electron chi connectivity index (χ4n) is 4.72. The first kappa shape index (κ1) is 23.9. The van der Waals surface area contributed by atoms with Gasteiger partial charge >= 0.3 is 0 Å². The molecule has 7 heteroatoms. The van der Waals surface area contributed by atoms with E-state index in [9.17, 15) is 9.18 Å². The zero-order chi connectivity index (χ0) is 20.0. The first-order valence-corrected chi connectivity index (χ1v) is 10.5. The third-order valence-electron chi connectivity index (χ3n) is 6.48. The molecule has 0 atom stereocenters. The fourth-order valence-corrected chi connectivity index (χ4v) is 4.72. The molecule has 162 valence electrons. The molecule has 1 saturated heterocycles. The normalized spacial score (nSPS) is 19.6. The molecule has 1 aliphatic carbocycles. The molecule has 1 saturated carbocycles. The van der Waals surface area contributed by atoms with Gasteiger partial charge in [0, 0.05) is 45.6 Å². The van der Waals surface area contributed by atoms with Gasteiger partial charge in [0.25, 0.3) is 0 Å². The smallest absolute Gasteiger partial charge is 0.220 e. The molecule has 2 fully saturated rings. The predicted octanol–water partition coefficient (Wildman–Crippen LogP) is 3.68. The number of likely N-dealkylation sites (tertiary alicyclic amines) is 1. The van der Waals surface area contributed by atoms with Crippen molar-refractivity contribution in [1.29, 1.82) is 0 Å². The highest BCUT2D eigenvalue weighted by Crippen LogP contribution is 2.40. The van der Waals surface area contributed by atoms with Gasteiger partial charge in [-0.2, -0.15) is 0 Å². The van der Waals surface area contributed by atoms with E-state index in [-0.39, 0.29) is 41.1 Å². The Morgan fingerprint density at radius 3 is 2.38 bits per heavy atom. The van der Waals surface area contributed by atoms with Crippen LogP contribution in [-0.4, -0.2) is 50.5 Å². The summed E-state index contributed by atoms with van der Waals surface area (Å²) in [4.78, 5) is 18.4. The van der Waals surface area contributed by atoms with E-state index in [1.807, 2.05) is 19.2 Å². The van der Waals surface area contributed by atoms with E-state index in [2.05, 4.69) is 20.5 Å². The highest BCUT2D eigenvalue weighted by atomic mass is 127. The molecule has 1 aromatic carbocycles. The zero-order valence-corrected chi connectivity index (χ0v) is 19.9. The Hall–Kier alpha value is -1.38. The number of halogens is 2. The molecule has 1 amide bonds. The molecular formula is C22H34FIN4O. The van der Waals surface area contributed by atoms with Crippen molar-refractivity contribution in [3.63, 3.8) is 0 Å². The minimum atomic E-state index is -0.180. The van der Waals surface area contributed by atoms with Crippen LogP contribution in [-0.2, 0) is 10.2 Å². The van der Waals surface area contributed by atoms with Crippen molar-refractivity contribution < 1.29 is 9.18 Å². The van der Waals surface area contributed by atoms with Crippen molar-refractivity contribution in [2.24, 2.45) is 10.9 Å². The van der Waals surface area contributed by atoms with Gasteiger partial charge in [-0.05, 0) is 49.3 Å². The lowest BCUT2D eigenvalue weighted by Gasteiger charge is -2.36. The zero-order valence-electron chi connectivity index (χ0n) is 17.5. The van der Waals surface area contributed by atoms with E-state index >= 15 is 0 Å². The molecule has 0 spiro atoms. The van der Waals surface area contributed by atoms with Crippen LogP contribution in [0.1, 0.15) is 50.5 Å². The summed E-state index contributed by atoms with van der Waals surface area (Å²) >= 11 is 0. The lowest BCUT2D eigenvalue weighted by atomic mass is 9.79. The molecule has 3 rings (SSSR count). The summed E-state index contributed by atoms with van der Waals surface area (Å²) in [6, 6.07) is 7.02. The summed E-state index contributed by atoms with van der Waals surface area (Å²) in [7, 11) is 3.53. The molecular weight excluding hydrogens is 482 g/mol. The lowest BCUT2D eigenvalue weighted by molar-refractivity contribution is -0.121. The van der Waals surface area contributed by atoms with E-state index in [1.54, 1.807) is 19.2 Å². The second-order valence-electron chi connectivity index (χ2n) is 8.20. The van der Waals surface area contributed by atoms with Crippen LogP contribution in [0.3, 0.4) is 0 Å². The van der Waals surface area contributed by atoms with Crippen molar-refractivity contribution >= 4 is 35.8 Å². The van der Waals surface area contributed by atoms with Gasteiger partial charge in [0.15, 0.2) is 5.96 Å². The third kappa shape index (κ3) is 6.06. The van der Waals surface area contributed by atoms with Crippen LogP contribution < -0.4 is 10.6 Å². The van der Waals surface area contributed by atoms with Crippen LogP contribution in [0.15, 0.2) is 29.3 Å². The average molecular weight is 516 g/mol. The first-order valence-electron chi connectivity index (χ1n) is 10.5. The Kier molecular flexibility index (Phi) is 9.17. The molecule has 2 aliphatic rings. The summed E-state index contributed by atoms with van der Waals surface area (Å²) in [6.45, 7) is 2.67. The van der Waals surface area contributed by atoms with Crippen molar-refractivity contribution in [2.75, 3.05) is 33.7 Å². The Morgan fingerprint density at radius 1 is 1.21 bits per heavy atom. The Bertz CT molecular complexity index is 681. The van der Waals surface area contributed by atoms with Crippen LogP contribution in [0, 0.1) is 11.7 Å². The van der Waals surface area contributed by atoms with Crippen LogP contribution in [0.4, 0.5) is 4.39 Å². The van der Waals surface area contributed by atoms with Crippen LogP contribution in [0.25, 0.3) is 0 Å². The van der Waals surface area contributed by atoms with Crippen LogP contribution >= 0.6 is 24.0 Å². The summed E-state index contributed by atoms with van der Waals surface area (Å²) in [6.07, 6.45) is 7.30. The predicted molar refractivity (Wildman–Crippen MR) is 126 cm³/mol. The van der Waals surface area contributed by atoms with Gasteiger partial charge in [0.1, 0.15) is 5.82 Å². The fraction of sp³-hybridized carbons (Fsp3) is 0.636. The first-order chi connectivity index (χ1) is 13.6. The number of hydrogen-bond acceptors (Lipinski definition) is 2. The second kappa shape index (κ2) is 11.1. The lowest BCUT2D eigenvalue weighted by Crippen LogP contribution is -2.49. The highest BCUT2D eigenvalue weighted by Gasteiger charge is 2.36. The quantitative estimate of drug-likeness (QED) is 0.357. The summed E-state index contributed by atoms with van der Waals surface area (Å²) in [5.74, 6) is 1.34. The third-order valence-corrected chi connectivity index (χ3v) is 6.48. The van der Waals surface area contributed by atoms with E-state index < -0.39 is 0 Å². The van der Waals surface area contributed by atoms with Gasteiger partial charge in [-0.1, -0.05) is 25.0 Å². The van der Waals surface area contributed by atoms with Gasteiger partial charge in [0.05, 0.1) is 0 Å². The number of nitrogens with one attached hydrogen (secondary N) is 2. The minimum Gasteiger partial charge on any atom is -0.359 e. The minimum absolute atomic E-state index is 0. The largest absolute Gasteiger partial charge is 0.359 e. The van der Waals surface area contributed by atoms with Crippen LogP contribution in [0.2, 0.25) is 0 Å². The standard InChI is InChI=1S/C22H33FN4O.HI/c1-24-20(28)15-17-9-13-27(14-10-17)21(25-2)26-16-22(11-3-4-12-22)18-5-7-19(23)8-6-18;/h5-8,17H,3-4,9-16H2,1-2H3,(H,24,28)(H,25,26);1H. The van der Waals surface area contributed by atoms with Gasteiger partial charge < -0.3 is 15.5 Å². The number of benzene rings is 1. The summed E-state index contributed by atoms with van der Waals surface area (Å²) in [5.41, 5.74) is 1.28. The molecule has 0 bridgehead atoms. The number of aliphatic imine (C=N–C) groups is 1. The van der Waals surface area contributed by atoms with E-state index in [4.69, 9.17) is 0 Å². The van der Waals surface area contributed by atoms with Crippen molar-refractivity contribution in [3.05, 3.63) is 35.6 Å². The number of piperidine rings is 1. The molecule has 29 heavy (non-hydrogen) atoms. The monoisotopic (exact) mass is 516 g/mol. The molecule has 1 aromatic rings. The molecule has 1 heterocycles. The maximum absolute atomic E-state index is 13.4. The number of hydrogen-bond donors (Lipinski definition) is 2. The van der Waals surface area contributed by atoms with E-state index in [0.29, 0.717) is 12.3 Å². The number of carbonyl (C=O) groups excluding carboxylic acids is 1. The molecule has 5 nitrogen and oxygen atoms in total. The summed E-state index contributed by atoms with van der Waals surface area (Å²) < 4.78 is 13.4. The van der Waals surface area contributed by atoms with Gasteiger partial charge in [-0.25, -0.2) is 4.39 Å². The van der Waals surface area contributed by atoms with E-state index in [0.717, 1.165) is 51.3 Å². The number of carbonyl (C=O) groups is 1. The number of rotatable bonds is 5. The number of amides is 1. The molecule has 0 aromatic heterocycles. The summed E-state index contributed by atoms with van der Waals surface area (Å²) in [5, 5.41) is 6.32. The molecule has 0 radical (unpaired) electrons.